The van der Waals surface area contributed by atoms with Crippen LogP contribution in [0.4, 0.5) is 5.82 Å². The van der Waals surface area contributed by atoms with Crippen LogP contribution in [-0.4, -0.2) is 64.3 Å². The van der Waals surface area contributed by atoms with Gasteiger partial charge in [0.05, 0.1) is 12.4 Å². The van der Waals surface area contributed by atoms with Crippen LogP contribution >= 0.6 is 0 Å². The highest BCUT2D eigenvalue weighted by molar-refractivity contribution is 5.92. The third-order valence-electron chi connectivity index (χ3n) is 4.79. The van der Waals surface area contributed by atoms with E-state index >= 15 is 0 Å². The molecule has 1 fully saturated rings. The molecule has 7 heteroatoms. The maximum absolute atomic E-state index is 12.8. The van der Waals surface area contributed by atoms with Gasteiger partial charge < -0.3 is 14.7 Å². The molecule has 0 aliphatic carbocycles. The van der Waals surface area contributed by atoms with Gasteiger partial charge in [-0.2, -0.15) is 0 Å². The van der Waals surface area contributed by atoms with E-state index in [-0.39, 0.29) is 11.8 Å². The molecule has 1 aromatic carbocycles. The summed E-state index contributed by atoms with van der Waals surface area (Å²) in [5.74, 6) is 0.711. The van der Waals surface area contributed by atoms with Crippen molar-refractivity contribution in [2.24, 2.45) is 0 Å². The lowest BCUT2D eigenvalue weighted by molar-refractivity contribution is -0.129. The standard InChI is InChI=1S/C20H25N5O2/c1-3-23(15-17-7-5-4-6-8-17)20(27)18-13-22-19(14-21-18)25-11-9-24(10-12-25)16(2)26/h4-8,13-14H,3,9-12,15H2,1-2H3. The van der Waals surface area contributed by atoms with Crippen molar-refractivity contribution in [1.82, 2.24) is 19.8 Å². The highest BCUT2D eigenvalue weighted by Crippen LogP contribution is 2.14. The van der Waals surface area contributed by atoms with Crippen LogP contribution in [0.1, 0.15) is 29.9 Å². The second-order valence-electron chi connectivity index (χ2n) is 6.56. The van der Waals surface area contributed by atoms with E-state index in [0.717, 1.165) is 24.5 Å². The third-order valence-corrected chi connectivity index (χ3v) is 4.79. The molecule has 142 valence electrons. The van der Waals surface area contributed by atoms with Crippen molar-refractivity contribution < 1.29 is 9.59 Å². The van der Waals surface area contributed by atoms with Gasteiger partial charge in [-0.3, -0.25) is 9.59 Å². The molecule has 0 bridgehead atoms. The molecular formula is C20H25N5O2. The summed E-state index contributed by atoms with van der Waals surface area (Å²) in [6, 6.07) is 9.90. The van der Waals surface area contributed by atoms with Crippen LogP contribution in [0.2, 0.25) is 0 Å². The Balaban J connectivity index is 1.64. The van der Waals surface area contributed by atoms with Crippen LogP contribution in [-0.2, 0) is 11.3 Å². The molecule has 2 heterocycles. The molecule has 2 aromatic rings. The molecule has 1 aliphatic rings. The summed E-state index contributed by atoms with van der Waals surface area (Å²) in [7, 11) is 0. The maximum atomic E-state index is 12.8. The number of rotatable bonds is 5. The van der Waals surface area contributed by atoms with E-state index in [0.29, 0.717) is 31.9 Å². The molecule has 0 spiro atoms. The van der Waals surface area contributed by atoms with Gasteiger partial charge >= 0.3 is 0 Å². The summed E-state index contributed by atoms with van der Waals surface area (Å²) in [6.07, 6.45) is 3.19. The summed E-state index contributed by atoms with van der Waals surface area (Å²) in [4.78, 5) is 38.6. The molecule has 0 unspecified atom stereocenters. The van der Waals surface area contributed by atoms with E-state index in [9.17, 15) is 9.59 Å². The fourth-order valence-electron chi connectivity index (χ4n) is 3.14. The Kier molecular flexibility index (Phi) is 6.01. The van der Waals surface area contributed by atoms with Gasteiger partial charge in [-0.1, -0.05) is 30.3 Å². The number of aromatic nitrogens is 2. The minimum absolute atomic E-state index is 0.0970. The van der Waals surface area contributed by atoms with Crippen molar-refractivity contribution in [3.63, 3.8) is 0 Å². The summed E-state index contributed by atoms with van der Waals surface area (Å²) in [6.45, 7) is 7.49. The molecule has 0 atom stereocenters. The van der Waals surface area contributed by atoms with Gasteiger partial charge in [-0.05, 0) is 12.5 Å². The molecule has 1 aromatic heterocycles. The van der Waals surface area contributed by atoms with Gasteiger partial charge in [-0.25, -0.2) is 9.97 Å². The Bertz CT molecular complexity index is 771. The quantitative estimate of drug-likeness (QED) is 0.806. The predicted octanol–water partition coefficient (Wildman–Crippen LogP) is 1.81. The molecule has 0 saturated carbocycles. The Morgan fingerprint density at radius 1 is 1.04 bits per heavy atom. The number of anilines is 1. The van der Waals surface area contributed by atoms with Crippen LogP contribution in [0.25, 0.3) is 0 Å². The molecule has 27 heavy (non-hydrogen) atoms. The molecule has 0 N–H and O–H groups in total. The average Bonchev–Trinajstić information content (AvgIpc) is 2.72. The normalized spacial score (nSPS) is 14.1. The molecular weight excluding hydrogens is 342 g/mol. The second kappa shape index (κ2) is 8.62. The zero-order valence-electron chi connectivity index (χ0n) is 15.8. The average molecular weight is 367 g/mol. The highest BCUT2D eigenvalue weighted by atomic mass is 16.2. The van der Waals surface area contributed by atoms with Crippen LogP contribution in [0.5, 0.6) is 0 Å². The van der Waals surface area contributed by atoms with E-state index in [1.54, 1.807) is 24.2 Å². The summed E-state index contributed by atoms with van der Waals surface area (Å²) < 4.78 is 0. The maximum Gasteiger partial charge on any atom is 0.274 e. The third kappa shape index (κ3) is 4.61. The van der Waals surface area contributed by atoms with Gasteiger partial charge in [0.2, 0.25) is 5.91 Å². The number of hydrogen-bond acceptors (Lipinski definition) is 5. The van der Waals surface area contributed by atoms with Crippen LogP contribution in [0.15, 0.2) is 42.7 Å². The van der Waals surface area contributed by atoms with E-state index in [2.05, 4.69) is 14.9 Å². The Hall–Kier alpha value is -2.96. The lowest BCUT2D eigenvalue weighted by atomic mass is 10.2. The lowest BCUT2D eigenvalue weighted by Crippen LogP contribution is -2.48. The van der Waals surface area contributed by atoms with Gasteiger partial charge in [0, 0.05) is 46.2 Å². The highest BCUT2D eigenvalue weighted by Gasteiger charge is 2.21. The van der Waals surface area contributed by atoms with E-state index in [1.807, 2.05) is 42.2 Å². The fourth-order valence-corrected chi connectivity index (χ4v) is 3.14. The molecule has 1 aliphatic heterocycles. The zero-order chi connectivity index (χ0) is 19.2. The van der Waals surface area contributed by atoms with Crippen LogP contribution < -0.4 is 4.90 Å². The van der Waals surface area contributed by atoms with Crippen molar-refractivity contribution in [3.8, 4) is 0 Å². The molecule has 2 amide bonds. The van der Waals surface area contributed by atoms with Crippen molar-refractivity contribution in [2.45, 2.75) is 20.4 Å². The first-order valence-corrected chi connectivity index (χ1v) is 9.24. The smallest absolute Gasteiger partial charge is 0.274 e. The van der Waals surface area contributed by atoms with E-state index < -0.39 is 0 Å². The number of carbonyl (C=O) groups excluding carboxylic acids is 2. The molecule has 3 rings (SSSR count). The SMILES string of the molecule is CCN(Cc1ccccc1)C(=O)c1cnc(N2CCN(C(C)=O)CC2)cn1. The minimum Gasteiger partial charge on any atom is -0.352 e. The molecule has 0 radical (unpaired) electrons. The van der Waals surface area contributed by atoms with Gasteiger partial charge in [-0.15, -0.1) is 0 Å². The Labute approximate surface area is 159 Å². The predicted molar refractivity (Wildman–Crippen MR) is 103 cm³/mol. The lowest BCUT2D eigenvalue weighted by Gasteiger charge is -2.34. The number of carbonyl (C=O) groups is 2. The first-order chi connectivity index (χ1) is 13.1. The van der Waals surface area contributed by atoms with E-state index in [1.165, 1.54) is 0 Å². The van der Waals surface area contributed by atoms with Crippen LogP contribution in [0, 0.1) is 0 Å². The van der Waals surface area contributed by atoms with Crippen molar-refractivity contribution in [1.29, 1.82) is 0 Å². The molecule has 7 nitrogen and oxygen atoms in total. The number of amides is 2. The number of benzene rings is 1. The summed E-state index contributed by atoms with van der Waals surface area (Å²) in [5.41, 5.74) is 1.43. The molecule has 1 saturated heterocycles. The van der Waals surface area contributed by atoms with Crippen molar-refractivity contribution in [3.05, 3.63) is 54.0 Å². The zero-order valence-corrected chi connectivity index (χ0v) is 15.8. The fraction of sp³-hybridized carbons (Fsp3) is 0.400. The first kappa shape index (κ1) is 18.8. The van der Waals surface area contributed by atoms with Gasteiger partial charge in [0.1, 0.15) is 11.5 Å². The monoisotopic (exact) mass is 367 g/mol. The van der Waals surface area contributed by atoms with E-state index in [4.69, 9.17) is 0 Å². The summed E-state index contributed by atoms with van der Waals surface area (Å²) >= 11 is 0. The van der Waals surface area contributed by atoms with Crippen LogP contribution in [0.3, 0.4) is 0 Å². The largest absolute Gasteiger partial charge is 0.352 e. The minimum atomic E-state index is -0.123. The number of nitrogens with zero attached hydrogens (tertiary/aromatic N) is 5. The number of hydrogen-bond donors (Lipinski definition) is 0. The Morgan fingerprint density at radius 2 is 1.74 bits per heavy atom. The topological polar surface area (TPSA) is 69.6 Å². The van der Waals surface area contributed by atoms with Crippen molar-refractivity contribution >= 4 is 17.6 Å². The first-order valence-electron chi connectivity index (χ1n) is 9.24. The van der Waals surface area contributed by atoms with Gasteiger partial charge in [0.15, 0.2) is 0 Å². The van der Waals surface area contributed by atoms with Crippen molar-refractivity contribution in [2.75, 3.05) is 37.6 Å². The number of piperazine rings is 1. The van der Waals surface area contributed by atoms with Gasteiger partial charge in [0.25, 0.3) is 5.91 Å². The second-order valence-corrected chi connectivity index (χ2v) is 6.56. The summed E-state index contributed by atoms with van der Waals surface area (Å²) in [5, 5.41) is 0. The Morgan fingerprint density at radius 3 is 2.30 bits per heavy atom.